The summed E-state index contributed by atoms with van der Waals surface area (Å²) in [6.07, 6.45) is -1.83. The smallest absolute Gasteiger partial charge is 0.450 e. The molecule has 50 valence electrons. The summed E-state index contributed by atoms with van der Waals surface area (Å²) in [4.78, 5) is 8.56. The van der Waals surface area contributed by atoms with E-state index in [0.29, 0.717) is 2.66 Å². The molecule has 0 fully saturated rings. The maximum Gasteiger partial charge on any atom is 0.503 e. The molecule has 0 saturated heterocycles. The van der Waals surface area contributed by atoms with Gasteiger partial charge in [0.25, 0.3) is 0 Å². The summed E-state index contributed by atoms with van der Waals surface area (Å²) in [5, 5.41) is 13.9. The molecule has 0 aromatic heterocycles. The van der Waals surface area contributed by atoms with E-state index >= 15 is 0 Å². The Balaban J connectivity index is 0. The van der Waals surface area contributed by atoms with Gasteiger partial charge in [0.05, 0.1) is 0 Å². The molecular formula is C5H11NaO3. The molecule has 0 aliphatic heterocycles. The summed E-state index contributed by atoms with van der Waals surface area (Å²) >= 11 is 1.31. The Morgan fingerprint density at radius 3 is 1.33 bits per heavy atom. The van der Waals surface area contributed by atoms with Crippen molar-refractivity contribution in [1.82, 2.24) is 0 Å². The van der Waals surface area contributed by atoms with E-state index in [0.717, 1.165) is 0 Å². The monoisotopic (exact) mass is 142 g/mol. The van der Waals surface area contributed by atoms with Crippen molar-refractivity contribution in [3.8, 4) is 0 Å². The summed E-state index contributed by atoms with van der Waals surface area (Å²) in [6.45, 7) is 6.75. The van der Waals surface area contributed by atoms with Crippen LogP contribution in [0.3, 0.4) is 0 Å². The molecule has 0 aromatic rings. The van der Waals surface area contributed by atoms with Crippen LogP contribution in [0.4, 0.5) is 4.79 Å². The molecule has 0 atom stereocenters. The first-order valence-corrected chi connectivity index (χ1v) is 3.65. The maximum absolute atomic E-state index is 8.56. The van der Waals surface area contributed by atoms with Crippen LogP contribution in [0.2, 0.25) is 2.66 Å². The fourth-order valence-electron chi connectivity index (χ4n) is 0. The van der Waals surface area contributed by atoms with Crippen molar-refractivity contribution < 1.29 is 15.0 Å². The van der Waals surface area contributed by atoms with Gasteiger partial charge < -0.3 is 10.2 Å². The van der Waals surface area contributed by atoms with Gasteiger partial charge >= 0.3 is 57.5 Å². The zero-order valence-corrected chi connectivity index (χ0v) is 8.30. The number of hydrogen-bond acceptors (Lipinski definition) is 1. The molecule has 0 aliphatic rings. The van der Waals surface area contributed by atoms with Gasteiger partial charge in [-0.05, 0) is 0 Å². The first-order valence-electron chi connectivity index (χ1n) is 2.65. The standard InChI is InChI=1S/C4H9.CH2O3.Na/c1-4(2)3;2-1(3)4;/h1-3H3;(H2,2,3,4);. The Bertz CT molecular complexity index is 74.7. The first kappa shape index (κ1) is 12.0. The molecule has 0 amide bonds. The zero-order valence-electron chi connectivity index (χ0n) is 6.30. The minimum absolute atomic E-state index is 0.639. The van der Waals surface area contributed by atoms with Gasteiger partial charge in [-0.25, -0.2) is 4.79 Å². The Kier molecular flexibility index (Phi) is 6.78. The van der Waals surface area contributed by atoms with Gasteiger partial charge in [0.2, 0.25) is 0 Å². The predicted molar refractivity (Wildman–Crippen MR) is 36.1 cm³/mol. The topological polar surface area (TPSA) is 57.5 Å². The van der Waals surface area contributed by atoms with Crippen molar-refractivity contribution >= 4 is 34.1 Å². The normalized spacial score (nSPS) is 9.44. The van der Waals surface area contributed by atoms with Crippen LogP contribution < -0.4 is 0 Å². The summed E-state index contributed by atoms with van der Waals surface area (Å²) in [7, 11) is 0. The van der Waals surface area contributed by atoms with Crippen molar-refractivity contribution in [3.05, 3.63) is 0 Å². The Morgan fingerprint density at radius 2 is 1.33 bits per heavy atom. The van der Waals surface area contributed by atoms with Crippen LogP contribution in [0.5, 0.6) is 0 Å². The largest absolute Gasteiger partial charge is 0.503 e. The summed E-state index contributed by atoms with van der Waals surface area (Å²) in [5.41, 5.74) is 0. The Hall–Kier alpha value is 0.270. The van der Waals surface area contributed by atoms with E-state index < -0.39 is 6.16 Å². The second-order valence-electron chi connectivity index (χ2n) is 3.28. The maximum atomic E-state index is 8.56. The number of hydrogen-bond donors (Lipinski definition) is 2. The molecular weight excluding hydrogens is 131 g/mol. The molecule has 0 rings (SSSR count). The molecule has 9 heavy (non-hydrogen) atoms. The Morgan fingerprint density at radius 1 is 1.33 bits per heavy atom. The van der Waals surface area contributed by atoms with Crippen LogP contribution in [-0.4, -0.2) is 44.3 Å². The van der Waals surface area contributed by atoms with Gasteiger partial charge in [-0.15, -0.1) is 0 Å². The van der Waals surface area contributed by atoms with E-state index in [1.54, 1.807) is 0 Å². The Labute approximate surface area is 72.5 Å². The predicted octanol–water partition coefficient (Wildman–Crippen LogP) is 1.60. The van der Waals surface area contributed by atoms with Crippen LogP contribution in [0.25, 0.3) is 0 Å². The second-order valence-corrected chi connectivity index (χ2v) is 6.28. The molecule has 0 unspecified atom stereocenters. The van der Waals surface area contributed by atoms with Gasteiger partial charge in [0, 0.05) is 0 Å². The van der Waals surface area contributed by atoms with Crippen molar-refractivity contribution in [2.45, 2.75) is 23.4 Å². The van der Waals surface area contributed by atoms with Crippen LogP contribution in [0.15, 0.2) is 0 Å². The zero-order chi connectivity index (χ0) is 8.08. The van der Waals surface area contributed by atoms with Crippen LogP contribution in [0.1, 0.15) is 20.8 Å². The quantitative estimate of drug-likeness (QED) is 0.505. The van der Waals surface area contributed by atoms with Gasteiger partial charge in [-0.2, -0.15) is 0 Å². The molecule has 0 radical (unpaired) electrons. The van der Waals surface area contributed by atoms with Gasteiger partial charge in [0.15, 0.2) is 0 Å². The molecule has 4 heteroatoms. The van der Waals surface area contributed by atoms with E-state index in [1.165, 1.54) is 27.9 Å². The molecule has 2 N–H and O–H groups in total. The minimum Gasteiger partial charge on any atom is -0.450 e. The van der Waals surface area contributed by atoms with E-state index in [9.17, 15) is 0 Å². The molecule has 3 nitrogen and oxygen atoms in total. The number of rotatable bonds is 0. The first-order chi connectivity index (χ1) is 3.73. The fraction of sp³-hybridized carbons (Fsp3) is 0.800. The van der Waals surface area contributed by atoms with E-state index in [2.05, 4.69) is 20.8 Å². The molecule has 0 heterocycles. The van der Waals surface area contributed by atoms with E-state index in [4.69, 9.17) is 15.0 Å². The third-order valence-electron chi connectivity index (χ3n) is 0. The number of carbonyl (C=O) groups is 1. The SMILES string of the molecule is C[C](C)(C)[Na].O=C(O)O. The van der Waals surface area contributed by atoms with Crippen LogP contribution in [-0.2, 0) is 0 Å². The van der Waals surface area contributed by atoms with Crippen molar-refractivity contribution in [1.29, 1.82) is 0 Å². The summed E-state index contributed by atoms with van der Waals surface area (Å²) in [6, 6.07) is 0. The van der Waals surface area contributed by atoms with E-state index in [1.807, 2.05) is 0 Å². The summed E-state index contributed by atoms with van der Waals surface area (Å²) < 4.78 is 0.639. The second kappa shape index (κ2) is 5.09. The van der Waals surface area contributed by atoms with Gasteiger partial charge in [-0.1, -0.05) is 0 Å². The van der Waals surface area contributed by atoms with Crippen molar-refractivity contribution in [2.24, 2.45) is 0 Å². The minimum atomic E-state index is -1.83. The van der Waals surface area contributed by atoms with Crippen LogP contribution in [0, 0.1) is 0 Å². The van der Waals surface area contributed by atoms with Crippen molar-refractivity contribution in [3.63, 3.8) is 0 Å². The molecule has 0 aromatic carbocycles. The summed E-state index contributed by atoms with van der Waals surface area (Å²) in [5.74, 6) is 0. The van der Waals surface area contributed by atoms with E-state index in [-0.39, 0.29) is 0 Å². The van der Waals surface area contributed by atoms with Gasteiger partial charge in [-0.3, -0.25) is 0 Å². The fourth-order valence-corrected chi connectivity index (χ4v) is 0. The molecule has 0 aliphatic carbocycles. The third-order valence-corrected chi connectivity index (χ3v) is 0. The van der Waals surface area contributed by atoms with Gasteiger partial charge in [0.1, 0.15) is 0 Å². The molecule has 0 bridgehead atoms. The number of carboxylic acid groups (broad SMARTS) is 2. The molecule has 0 saturated carbocycles. The average Bonchev–Trinajstić information content (AvgIpc) is 1.19. The van der Waals surface area contributed by atoms with Crippen LogP contribution >= 0.6 is 0 Å². The molecule has 0 spiro atoms. The average molecular weight is 142 g/mol. The third kappa shape index (κ3) is 4460. The van der Waals surface area contributed by atoms with Crippen molar-refractivity contribution in [2.75, 3.05) is 0 Å².